The van der Waals surface area contributed by atoms with E-state index < -0.39 is 18.8 Å². The van der Waals surface area contributed by atoms with Crippen molar-refractivity contribution in [1.29, 1.82) is 0 Å². The Morgan fingerprint density at radius 2 is 1.78 bits per heavy atom. The van der Waals surface area contributed by atoms with E-state index >= 15 is 0 Å². The fraction of sp³-hybridized carbons (Fsp3) is 0.538. The third-order valence-corrected chi connectivity index (χ3v) is 2.88. The molecule has 0 heterocycles. The van der Waals surface area contributed by atoms with Crippen molar-refractivity contribution in [2.24, 2.45) is 5.73 Å². The molecule has 3 unspecified atom stereocenters. The van der Waals surface area contributed by atoms with Crippen LogP contribution in [0.15, 0.2) is 24.3 Å². The summed E-state index contributed by atoms with van der Waals surface area (Å²) in [5.74, 6) is 0. The Hall–Kier alpha value is -1.01. The van der Waals surface area contributed by atoms with Gasteiger partial charge in [-0.15, -0.1) is 0 Å². The minimum Gasteiger partial charge on any atom is -0.375 e. The van der Waals surface area contributed by atoms with Crippen LogP contribution in [0.3, 0.4) is 0 Å². The molecule has 0 spiro atoms. The Morgan fingerprint density at radius 3 is 2.22 bits per heavy atom. The van der Waals surface area contributed by atoms with Gasteiger partial charge in [0.1, 0.15) is 6.67 Å². The van der Waals surface area contributed by atoms with Crippen LogP contribution in [0.2, 0.25) is 0 Å². The molecule has 0 aliphatic rings. The zero-order chi connectivity index (χ0) is 13.5. The van der Waals surface area contributed by atoms with E-state index in [0.29, 0.717) is 0 Å². The summed E-state index contributed by atoms with van der Waals surface area (Å²) < 4.78 is 17.8. The number of hydrogen-bond donors (Lipinski definition) is 2. The highest BCUT2D eigenvalue weighted by atomic mass is 19.1. The van der Waals surface area contributed by atoms with Crippen LogP contribution in [0, 0.1) is 0 Å². The summed E-state index contributed by atoms with van der Waals surface area (Å²) in [6, 6.07) is 7.13. The molecule has 0 aliphatic heterocycles. The number of halogens is 1. The molecule has 3 N–H and O–H groups in total. The molecule has 0 fully saturated rings. The van der Waals surface area contributed by atoms with E-state index in [4.69, 9.17) is 15.3 Å². The number of hydrogen-bond acceptors (Lipinski definition) is 4. The molecule has 0 aliphatic carbocycles. The number of nitrogens with two attached hydrogens (primary N) is 1. The summed E-state index contributed by atoms with van der Waals surface area (Å²) >= 11 is 0. The normalized spacial score (nSPS) is 16.3. The summed E-state index contributed by atoms with van der Waals surface area (Å²) in [5, 5.41) is 0. The second kappa shape index (κ2) is 7.43. The third kappa shape index (κ3) is 3.74. The molecule has 0 bridgehead atoms. The largest absolute Gasteiger partial charge is 0.375 e. The fourth-order valence-corrected chi connectivity index (χ4v) is 1.86. The molecule has 1 aromatic rings. The maximum atomic E-state index is 12.6. The van der Waals surface area contributed by atoms with E-state index in [1.807, 2.05) is 31.2 Å². The van der Waals surface area contributed by atoms with Crippen molar-refractivity contribution in [3.8, 4) is 0 Å². The zero-order valence-electron chi connectivity index (χ0n) is 11.0. The molecular weight excluding hydrogens is 235 g/mol. The number of benzene rings is 1. The molecule has 0 saturated heterocycles. The van der Waals surface area contributed by atoms with E-state index in [0.717, 1.165) is 11.1 Å². The Balaban J connectivity index is 2.80. The lowest BCUT2D eigenvalue weighted by atomic mass is 10.00. The number of ether oxygens (including phenoxy) is 1. The van der Waals surface area contributed by atoms with Crippen molar-refractivity contribution in [2.75, 3.05) is 20.9 Å². The minimum absolute atomic E-state index is 0.0832. The van der Waals surface area contributed by atoms with Gasteiger partial charge in [0.05, 0.1) is 25.3 Å². The van der Waals surface area contributed by atoms with E-state index in [9.17, 15) is 4.39 Å². The zero-order valence-corrected chi connectivity index (χ0v) is 11.0. The highest BCUT2D eigenvalue weighted by Gasteiger charge is 2.19. The standard InChI is InChI=1S/C13H21FN2O2/c1-9(16-18-3)10-4-6-11(7-5-10)13(17-2)12(15)8-14/h4-7,9,12-13,16H,8,15H2,1-3H3. The number of alkyl halides is 1. The number of rotatable bonds is 7. The smallest absolute Gasteiger partial charge is 0.107 e. The van der Waals surface area contributed by atoms with Crippen LogP contribution in [0.1, 0.15) is 30.2 Å². The van der Waals surface area contributed by atoms with Gasteiger partial charge in [0.25, 0.3) is 0 Å². The van der Waals surface area contributed by atoms with Crippen LogP contribution in [0.4, 0.5) is 4.39 Å². The molecular formula is C13H21FN2O2. The molecule has 0 aromatic heterocycles. The molecule has 1 rings (SSSR count). The van der Waals surface area contributed by atoms with Crippen LogP contribution < -0.4 is 11.2 Å². The van der Waals surface area contributed by atoms with Gasteiger partial charge in [-0.3, -0.25) is 0 Å². The van der Waals surface area contributed by atoms with E-state index in [-0.39, 0.29) is 6.04 Å². The first-order valence-corrected chi connectivity index (χ1v) is 5.86. The topological polar surface area (TPSA) is 56.5 Å². The van der Waals surface area contributed by atoms with Crippen LogP contribution >= 0.6 is 0 Å². The lowest BCUT2D eigenvalue weighted by Crippen LogP contribution is -2.31. The Labute approximate surface area is 107 Å². The van der Waals surface area contributed by atoms with Crippen LogP contribution in [0.5, 0.6) is 0 Å². The second-order valence-electron chi connectivity index (χ2n) is 4.18. The van der Waals surface area contributed by atoms with E-state index in [2.05, 4.69) is 5.48 Å². The molecule has 4 nitrogen and oxygen atoms in total. The summed E-state index contributed by atoms with van der Waals surface area (Å²) in [5.41, 5.74) is 10.5. The van der Waals surface area contributed by atoms with E-state index in [1.54, 1.807) is 7.11 Å². The van der Waals surface area contributed by atoms with Gasteiger partial charge in [-0.2, -0.15) is 5.48 Å². The van der Waals surface area contributed by atoms with Gasteiger partial charge in [0.15, 0.2) is 0 Å². The van der Waals surface area contributed by atoms with Gasteiger partial charge in [-0.1, -0.05) is 24.3 Å². The van der Waals surface area contributed by atoms with Gasteiger partial charge in [-0.25, -0.2) is 4.39 Å². The van der Waals surface area contributed by atoms with Crippen LogP contribution in [-0.4, -0.2) is 26.9 Å². The molecule has 5 heteroatoms. The second-order valence-corrected chi connectivity index (χ2v) is 4.18. The predicted molar refractivity (Wildman–Crippen MR) is 68.7 cm³/mol. The van der Waals surface area contributed by atoms with Crippen molar-refractivity contribution in [2.45, 2.75) is 25.1 Å². The third-order valence-electron chi connectivity index (χ3n) is 2.88. The van der Waals surface area contributed by atoms with Gasteiger partial charge >= 0.3 is 0 Å². The molecule has 1 aromatic carbocycles. The molecule has 0 saturated carbocycles. The van der Waals surface area contributed by atoms with E-state index in [1.165, 1.54) is 7.11 Å². The van der Waals surface area contributed by atoms with Crippen molar-refractivity contribution in [3.63, 3.8) is 0 Å². The maximum absolute atomic E-state index is 12.6. The highest BCUT2D eigenvalue weighted by molar-refractivity contribution is 5.27. The fourth-order valence-electron chi connectivity index (χ4n) is 1.86. The number of hydroxylamine groups is 1. The minimum atomic E-state index is -0.643. The molecule has 3 atom stereocenters. The lowest BCUT2D eigenvalue weighted by Gasteiger charge is -2.21. The quantitative estimate of drug-likeness (QED) is 0.731. The van der Waals surface area contributed by atoms with Crippen molar-refractivity contribution in [1.82, 2.24) is 5.48 Å². The Kier molecular flexibility index (Phi) is 6.21. The van der Waals surface area contributed by atoms with Crippen LogP contribution in [-0.2, 0) is 9.57 Å². The van der Waals surface area contributed by atoms with Gasteiger partial charge in [0, 0.05) is 7.11 Å². The van der Waals surface area contributed by atoms with Gasteiger partial charge < -0.3 is 15.3 Å². The Morgan fingerprint density at radius 1 is 1.22 bits per heavy atom. The monoisotopic (exact) mass is 256 g/mol. The summed E-state index contributed by atoms with van der Waals surface area (Å²) in [7, 11) is 3.11. The average Bonchev–Trinajstić information content (AvgIpc) is 2.40. The first-order valence-electron chi connectivity index (χ1n) is 5.86. The van der Waals surface area contributed by atoms with Crippen molar-refractivity contribution in [3.05, 3.63) is 35.4 Å². The predicted octanol–water partition coefficient (Wildman–Crippen LogP) is 1.88. The SMILES string of the molecule is CONC(C)c1ccc(C(OC)C(N)CF)cc1. The molecule has 18 heavy (non-hydrogen) atoms. The van der Waals surface area contributed by atoms with Crippen LogP contribution in [0.25, 0.3) is 0 Å². The lowest BCUT2D eigenvalue weighted by molar-refractivity contribution is 0.0655. The number of nitrogens with one attached hydrogen (secondary N) is 1. The summed E-state index contributed by atoms with van der Waals surface area (Å²) in [4.78, 5) is 4.87. The number of methoxy groups -OCH3 is 1. The highest BCUT2D eigenvalue weighted by Crippen LogP contribution is 2.22. The van der Waals surface area contributed by atoms with Gasteiger partial charge in [-0.05, 0) is 18.1 Å². The Bertz CT molecular complexity index is 345. The molecule has 0 amide bonds. The van der Waals surface area contributed by atoms with Gasteiger partial charge in [0.2, 0.25) is 0 Å². The average molecular weight is 256 g/mol. The summed E-state index contributed by atoms with van der Waals surface area (Å²) in [6.07, 6.45) is -0.422. The van der Waals surface area contributed by atoms with Crippen molar-refractivity contribution < 1.29 is 14.0 Å². The molecule has 0 radical (unpaired) electrons. The van der Waals surface area contributed by atoms with Crippen molar-refractivity contribution >= 4 is 0 Å². The first kappa shape index (κ1) is 15.0. The molecule has 102 valence electrons. The summed E-state index contributed by atoms with van der Waals surface area (Å²) in [6.45, 7) is 1.38. The first-order chi connectivity index (χ1) is 8.63. The maximum Gasteiger partial charge on any atom is 0.107 e.